The Morgan fingerprint density at radius 2 is 1.38 bits per heavy atom. The molecule has 2 nitrogen and oxygen atoms in total. The standard InChI is InChI=1S/C10H9F9O2/c1-3-21-6(20)5(2)4-7(11,9(14,15)16)8(12,13)10(17,18)19/h4H,3H2,1-2H3. The maximum atomic E-state index is 13.5. The molecule has 1 atom stereocenters. The van der Waals surface area contributed by atoms with Crippen LogP contribution in [0.25, 0.3) is 0 Å². The zero-order valence-electron chi connectivity index (χ0n) is 10.5. The second kappa shape index (κ2) is 5.76. The van der Waals surface area contributed by atoms with E-state index in [-0.39, 0.29) is 0 Å². The smallest absolute Gasteiger partial charge is 0.457 e. The van der Waals surface area contributed by atoms with Crippen LogP contribution in [0.1, 0.15) is 13.8 Å². The summed E-state index contributed by atoms with van der Waals surface area (Å²) in [6.45, 7) is 1.22. The van der Waals surface area contributed by atoms with Crippen LogP contribution in [-0.4, -0.2) is 36.5 Å². The van der Waals surface area contributed by atoms with Crippen molar-refractivity contribution in [3.63, 3.8) is 0 Å². The number of hydrogen-bond donors (Lipinski definition) is 0. The Morgan fingerprint density at radius 3 is 1.67 bits per heavy atom. The number of carbonyl (C=O) groups is 1. The van der Waals surface area contributed by atoms with Gasteiger partial charge in [0.1, 0.15) is 0 Å². The highest BCUT2D eigenvalue weighted by molar-refractivity contribution is 5.88. The molecule has 1 unspecified atom stereocenters. The number of ether oxygens (including phenoxy) is 1. The minimum absolute atomic E-state index is 0.398. The van der Waals surface area contributed by atoms with Crippen molar-refractivity contribution in [2.24, 2.45) is 0 Å². The molecular formula is C10H9F9O2. The van der Waals surface area contributed by atoms with Crippen LogP contribution in [0.4, 0.5) is 39.5 Å². The van der Waals surface area contributed by atoms with E-state index in [1.54, 1.807) is 0 Å². The summed E-state index contributed by atoms with van der Waals surface area (Å²) in [5.74, 6) is -8.44. The van der Waals surface area contributed by atoms with E-state index in [1.807, 2.05) is 0 Å². The van der Waals surface area contributed by atoms with Gasteiger partial charge in [0.25, 0.3) is 5.67 Å². The van der Waals surface area contributed by atoms with E-state index in [4.69, 9.17) is 0 Å². The molecule has 11 heteroatoms. The highest BCUT2D eigenvalue weighted by Crippen LogP contribution is 2.53. The summed E-state index contributed by atoms with van der Waals surface area (Å²) in [6.07, 6.45) is -14.6. The van der Waals surface area contributed by atoms with Gasteiger partial charge in [0.05, 0.1) is 6.61 Å². The minimum atomic E-state index is -6.82. The number of halogens is 9. The zero-order valence-corrected chi connectivity index (χ0v) is 10.5. The van der Waals surface area contributed by atoms with Crippen LogP contribution in [0.5, 0.6) is 0 Å². The molecule has 0 rings (SSSR count). The molecule has 0 aromatic carbocycles. The van der Waals surface area contributed by atoms with Crippen LogP contribution < -0.4 is 0 Å². The van der Waals surface area contributed by atoms with Crippen molar-refractivity contribution in [1.82, 2.24) is 0 Å². The molecule has 0 fully saturated rings. The highest BCUT2D eigenvalue weighted by Gasteiger charge is 2.80. The van der Waals surface area contributed by atoms with Gasteiger partial charge in [-0.3, -0.25) is 0 Å². The molecule has 0 aliphatic rings. The lowest BCUT2D eigenvalue weighted by Crippen LogP contribution is -2.61. The number of alkyl halides is 9. The molecule has 0 saturated carbocycles. The fourth-order valence-corrected chi connectivity index (χ4v) is 1.16. The Kier molecular flexibility index (Phi) is 5.37. The van der Waals surface area contributed by atoms with Crippen molar-refractivity contribution >= 4 is 5.97 Å². The van der Waals surface area contributed by atoms with Gasteiger partial charge in [-0.2, -0.15) is 35.1 Å². The first-order chi connectivity index (χ1) is 9.12. The predicted molar refractivity (Wildman–Crippen MR) is 51.3 cm³/mol. The molecule has 0 aliphatic heterocycles. The Balaban J connectivity index is 6.05. The monoisotopic (exact) mass is 332 g/mol. The molecule has 0 aliphatic carbocycles. The van der Waals surface area contributed by atoms with E-state index >= 15 is 0 Å². The van der Waals surface area contributed by atoms with Gasteiger partial charge in [-0.25, -0.2) is 9.18 Å². The second-order valence-corrected chi connectivity index (χ2v) is 3.83. The molecule has 0 amide bonds. The molecule has 0 saturated heterocycles. The number of carbonyl (C=O) groups excluding carboxylic acids is 1. The summed E-state index contributed by atoms with van der Waals surface area (Å²) in [5, 5.41) is 0. The van der Waals surface area contributed by atoms with Crippen molar-refractivity contribution in [2.75, 3.05) is 6.61 Å². The van der Waals surface area contributed by atoms with Crippen molar-refractivity contribution in [3.8, 4) is 0 Å². The summed E-state index contributed by atoms with van der Waals surface area (Å²) >= 11 is 0. The van der Waals surface area contributed by atoms with Crippen molar-refractivity contribution in [1.29, 1.82) is 0 Å². The number of esters is 1. The molecule has 0 N–H and O–H groups in total. The van der Waals surface area contributed by atoms with Crippen molar-refractivity contribution < 1.29 is 49.0 Å². The average Bonchev–Trinajstić information content (AvgIpc) is 2.25. The molecule has 0 spiro atoms. The van der Waals surface area contributed by atoms with Gasteiger partial charge in [0, 0.05) is 5.57 Å². The maximum absolute atomic E-state index is 13.5. The lowest BCUT2D eigenvalue weighted by Gasteiger charge is -2.33. The lowest BCUT2D eigenvalue weighted by molar-refractivity contribution is -0.369. The summed E-state index contributed by atoms with van der Waals surface area (Å²) in [6, 6.07) is 0. The molecule has 21 heavy (non-hydrogen) atoms. The van der Waals surface area contributed by atoms with Gasteiger partial charge < -0.3 is 4.74 Å². The third kappa shape index (κ3) is 3.62. The van der Waals surface area contributed by atoms with E-state index in [0.29, 0.717) is 6.92 Å². The normalized spacial score (nSPS) is 17.4. The molecule has 0 heterocycles. The zero-order chi connectivity index (χ0) is 17.3. The van der Waals surface area contributed by atoms with Crippen molar-refractivity contribution in [3.05, 3.63) is 11.6 Å². The molecular weight excluding hydrogens is 323 g/mol. The molecule has 124 valence electrons. The second-order valence-electron chi connectivity index (χ2n) is 3.83. The first kappa shape index (κ1) is 19.6. The third-order valence-corrected chi connectivity index (χ3v) is 2.24. The average molecular weight is 332 g/mol. The van der Waals surface area contributed by atoms with Crippen LogP contribution >= 0.6 is 0 Å². The Labute approximate surface area is 112 Å². The SMILES string of the molecule is CCOC(=O)C(C)=CC(F)(C(F)(F)F)C(F)(F)C(F)(F)F. The van der Waals surface area contributed by atoms with Gasteiger partial charge in [0.15, 0.2) is 0 Å². The van der Waals surface area contributed by atoms with Crippen LogP contribution in [0.2, 0.25) is 0 Å². The van der Waals surface area contributed by atoms with E-state index in [0.717, 1.165) is 0 Å². The third-order valence-electron chi connectivity index (χ3n) is 2.24. The van der Waals surface area contributed by atoms with Gasteiger partial charge in [-0.15, -0.1) is 0 Å². The van der Waals surface area contributed by atoms with Gasteiger partial charge in [-0.1, -0.05) is 0 Å². The summed E-state index contributed by atoms with van der Waals surface area (Å²) < 4.78 is 117. The van der Waals surface area contributed by atoms with E-state index < -0.39 is 48.2 Å². The van der Waals surface area contributed by atoms with E-state index in [2.05, 4.69) is 4.74 Å². The first-order valence-corrected chi connectivity index (χ1v) is 5.18. The fraction of sp³-hybridized carbons (Fsp3) is 0.700. The summed E-state index contributed by atoms with van der Waals surface area (Å²) in [5.41, 5.74) is -7.48. The van der Waals surface area contributed by atoms with Crippen LogP contribution in [0, 0.1) is 0 Å². The van der Waals surface area contributed by atoms with Gasteiger partial charge in [0.2, 0.25) is 0 Å². The van der Waals surface area contributed by atoms with Crippen molar-refractivity contribution in [2.45, 2.75) is 37.8 Å². The summed E-state index contributed by atoms with van der Waals surface area (Å²) in [7, 11) is 0. The molecule has 0 radical (unpaired) electrons. The largest absolute Gasteiger partial charge is 0.463 e. The Hall–Kier alpha value is -1.42. The molecule has 0 aromatic rings. The summed E-state index contributed by atoms with van der Waals surface area (Å²) in [4.78, 5) is 11.0. The predicted octanol–water partition coefficient (Wildman–Crippen LogP) is 3.96. The number of rotatable bonds is 4. The topological polar surface area (TPSA) is 26.3 Å². The van der Waals surface area contributed by atoms with Gasteiger partial charge in [-0.05, 0) is 19.9 Å². The van der Waals surface area contributed by atoms with Crippen LogP contribution in [0.15, 0.2) is 11.6 Å². The van der Waals surface area contributed by atoms with Crippen LogP contribution in [0.3, 0.4) is 0 Å². The maximum Gasteiger partial charge on any atom is 0.457 e. The van der Waals surface area contributed by atoms with E-state index in [9.17, 15) is 44.3 Å². The highest BCUT2D eigenvalue weighted by atomic mass is 19.4. The number of hydrogen-bond acceptors (Lipinski definition) is 2. The first-order valence-electron chi connectivity index (χ1n) is 5.18. The Morgan fingerprint density at radius 1 is 0.952 bits per heavy atom. The molecule has 0 bridgehead atoms. The van der Waals surface area contributed by atoms with Gasteiger partial charge >= 0.3 is 24.2 Å². The number of allylic oxidation sites excluding steroid dienone is 1. The lowest BCUT2D eigenvalue weighted by atomic mass is 9.93. The van der Waals surface area contributed by atoms with E-state index in [1.165, 1.54) is 6.92 Å². The quantitative estimate of drug-likeness (QED) is 0.442. The minimum Gasteiger partial charge on any atom is -0.463 e. The van der Waals surface area contributed by atoms with Crippen LogP contribution in [-0.2, 0) is 9.53 Å². The molecule has 0 aromatic heterocycles. The Bertz CT molecular complexity index is 421. The fourth-order valence-electron chi connectivity index (χ4n) is 1.16.